The van der Waals surface area contributed by atoms with Crippen LogP contribution >= 0.6 is 0 Å². The van der Waals surface area contributed by atoms with Gasteiger partial charge in [-0.1, -0.05) is 12.2 Å². The molecule has 21 heavy (non-hydrogen) atoms. The first-order chi connectivity index (χ1) is 9.64. The zero-order chi connectivity index (χ0) is 16.5. The molecule has 0 aromatic carbocycles. The van der Waals surface area contributed by atoms with Gasteiger partial charge in [0.25, 0.3) is 0 Å². The standard InChI is InChI=1S/C15H25NO5/c1-5-6-7-8-12(17)9-15(20)21-13(10-14(18)19)11-16(2,3)4/h5-6,9,13H,7-8,10-11H2,1-4H3,(H-,17,18,19,20)/b6-5+. The lowest BCUT2D eigenvalue weighted by Gasteiger charge is -2.29. The monoisotopic (exact) mass is 299 g/mol. The van der Waals surface area contributed by atoms with Crippen LogP contribution in [0.2, 0.25) is 0 Å². The number of carboxylic acid groups (broad SMARTS) is 1. The summed E-state index contributed by atoms with van der Waals surface area (Å²) < 4.78 is 5.53. The van der Waals surface area contributed by atoms with Gasteiger partial charge in [-0.05, 0) is 13.3 Å². The molecule has 0 aliphatic heterocycles. The fraction of sp³-hybridized carbons (Fsp3) is 0.600. The number of carboxylic acids is 1. The third kappa shape index (κ3) is 11.7. The molecule has 0 aliphatic carbocycles. The van der Waals surface area contributed by atoms with E-state index in [1.54, 1.807) is 0 Å². The van der Waals surface area contributed by atoms with Crippen LogP contribution in [-0.2, 0) is 14.3 Å². The smallest absolute Gasteiger partial charge is 0.334 e. The van der Waals surface area contributed by atoms with Crippen LogP contribution in [0.1, 0.15) is 26.2 Å². The van der Waals surface area contributed by atoms with Gasteiger partial charge in [-0.25, -0.2) is 4.79 Å². The van der Waals surface area contributed by atoms with Gasteiger partial charge in [-0.15, -0.1) is 0 Å². The number of nitrogens with zero attached hydrogens (tertiary/aromatic N) is 1. The number of aliphatic hydroxyl groups is 1. The molecule has 0 saturated carbocycles. The second-order valence-electron chi connectivity index (χ2n) is 5.85. The highest BCUT2D eigenvalue weighted by molar-refractivity contribution is 5.82. The van der Waals surface area contributed by atoms with Crippen molar-refractivity contribution in [2.24, 2.45) is 0 Å². The maximum atomic E-state index is 11.7. The summed E-state index contributed by atoms with van der Waals surface area (Å²) in [5.41, 5.74) is 0. The highest BCUT2D eigenvalue weighted by atomic mass is 16.5. The van der Waals surface area contributed by atoms with E-state index in [0.29, 0.717) is 23.9 Å². The average Bonchev–Trinajstić information content (AvgIpc) is 2.25. The Hall–Kier alpha value is -1.82. The van der Waals surface area contributed by atoms with Crippen LogP contribution in [-0.4, -0.2) is 55.3 Å². The van der Waals surface area contributed by atoms with Crippen molar-refractivity contribution in [2.75, 3.05) is 27.7 Å². The molecule has 1 atom stereocenters. The molecule has 1 N–H and O–H groups in total. The molecule has 0 radical (unpaired) electrons. The first-order valence-electron chi connectivity index (χ1n) is 6.85. The van der Waals surface area contributed by atoms with Crippen molar-refractivity contribution in [3.05, 3.63) is 24.0 Å². The van der Waals surface area contributed by atoms with E-state index in [1.807, 2.05) is 40.2 Å². The number of aliphatic carboxylic acids is 1. The van der Waals surface area contributed by atoms with E-state index in [9.17, 15) is 19.8 Å². The molecule has 0 amide bonds. The summed E-state index contributed by atoms with van der Waals surface area (Å²) in [7, 11) is 5.58. The van der Waals surface area contributed by atoms with E-state index in [1.165, 1.54) is 0 Å². The fourth-order valence-electron chi connectivity index (χ4n) is 1.74. The summed E-state index contributed by atoms with van der Waals surface area (Å²) in [6.45, 7) is 2.21. The Kier molecular flexibility index (Phi) is 8.38. The quantitative estimate of drug-likeness (QED) is 0.221. The number of rotatable bonds is 9. The van der Waals surface area contributed by atoms with Crippen molar-refractivity contribution < 1.29 is 29.0 Å². The normalized spacial score (nSPS) is 14.2. The van der Waals surface area contributed by atoms with Crippen molar-refractivity contribution in [1.82, 2.24) is 0 Å². The predicted octanol–water partition coefficient (Wildman–Crippen LogP) is 0.543. The van der Waals surface area contributed by atoms with Gasteiger partial charge in [0, 0.05) is 18.8 Å². The first kappa shape index (κ1) is 19.2. The Morgan fingerprint density at radius 2 is 1.95 bits per heavy atom. The summed E-state index contributed by atoms with van der Waals surface area (Å²) in [5, 5.41) is 20.3. The maximum absolute atomic E-state index is 11.7. The zero-order valence-corrected chi connectivity index (χ0v) is 13.2. The van der Waals surface area contributed by atoms with Crippen molar-refractivity contribution in [2.45, 2.75) is 32.3 Å². The molecule has 6 nitrogen and oxygen atoms in total. The van der Waals surface area contributed by atoms with Crippen molar-refractivity contribution >= 4 is 11.9 Å². The number of hydrogen-bond donors (Lipinski definition) is 1. The third-order valence-electron chi connectivity index (χ3n) is 2.52. The van der Waals surface area contributed by atoms with E-state index >= 15 is 0 Å². The highest BCUT2D eigenvalue weighted by Gasteiger charge is 2.21. The van der Waals surface area contributed by atoms with Crippen LogP contribution in [0.3, 0.4) is 0 Å². The summed E-state index contributed by atoms with van der Waals surface area (Å²) in [6, 6.07) is 0. The van der Waals surface area contributed by atoms with Gasteiger partial charge < -0.3 is 24.2 Å². The number of likely N-dealkylation sites (N-methyl/N-ethyl adjacent to an activating group) is 1. The Morgan fingerprint density at radius 3 is 2.43 bits per heavy atom. The van der Waals surface area contributed by atoms with Crippen LogP contribution in [0.15, 0.2) is 24.0 Å². The number of hydrogen-bond acceptors (Lipinski definition) is 5. The molecule has 0 saturated heterocycles. The van der Waals surface area contributed by atoms with Gasteiger partial charge in [-0.2, -0.15) is 0 Å². The summed E-state index contributed by atoms with van der Waals surface area (Å²) in [5.74, 6) is -2.11. The SMILES string of the molecule is C/C=C/CC/C(O)=C/C(=O)OC(CC(=O)[O-])C[N+](C)(C)C. The molecule has 0 aromatic heterocycles. The van der Waals surface area contributed by atoms with E-state index in [0.717, 1.165) is 6.08 Å². The number of carbonyl (C=O) groups is 2. The number of allylic oxidation sites excluding steroid dienone is 3. The molecule has 0 aliphatic rings. The number of esters is 1. The van der Waals surface area contributed by atoms with Crippen LogP contribution in [0, 0.1) is 0 Å². The number of ether oxygens (including phenoxy) is 1. The zero-order valence-electron chi connectivity index (χ0n) is 13.2. The van der Waals surface area contributed by atoms with Gasteiger partial charge >= 0.3 is 5.97 Å². The minimum absolute atomic E-state index is 0.0875. The van der Waals surface area contributed by atoms with Crippen molar-refractivity contribution in [3.8, 4) is 0 Å². The molecule has 0 spiro atoms. The van der Waals surface area contributed by atoms with E-state index in [-0.39, 0.29) is 12.2 Å². The highest BCUT2D eigenvalue weighted by Crippen LogP contribution is 2.07. The van der Waals surface area contributed by atoms with Gasteiger partial charge in [0.2, 0.25) is 0 Å². The Balaban J connectivity index is 4.57. The molecule has 0 fully saturated rings. The number of quaternary nitrogens is 1. The molecule has 120 valence electrons. The Morgan fingerprint density at radius 1 is 1.33 bits per heavy atom. The minimum atomic E-state index is -1.28. The second kappa shape index (κ2) is 9.18. The van der Waals surface area contributed by atoms with E-state index < -0.39 is 18.0 Å². The van der Waals surface area contributed by atoms with Gasteiger partial charge in [0.1, 0.15) is 6.54 Å². The molecular formula is C15H25NO5. The number of aliphatic hydroxyl groups excluding tert-OH is 1. The lowest BCUT2D eigenvalue weighted by molar-refractivity contribution is -0.873. The lowest BCUT2D eigenvalue weighted by Crippen LogP contribution is -2.45. The Bertz CT molecular complexity index is 407. The van der Waals surface area contributed by atoms with Crippen molar-refractivity contribution in [1.29, 1.82) is 0 Å². The van der Waals surface area contributed by atoms with E-state index in [4.69, 9.17) is 4.74 Å². The molecule has 0 rings (SSSR count). The molecular weight excluding hydrogens is 274 g/mol. The second-order valence-corrected chi connectivity index (χ2v) is 5.85. The first-order valence-corrected chi connectivity index (χ1v) is 6.85. The topological polar surface area (TPSA) is 86.7 Å². The van der Waals surface area contributed by atoms with Crippen LogP contribution in [0.4, 0.5) is 0 Å². The molecule has 0 aromatic rings. The van der Waals surface area contributed by atoms with Crippen LogP contribution in [0.25, 0.3) is 0 Å². The predicted molar refractivity (Wildman–Crippen MR) is 77.2 cm³/mol. The summed E-state index contributed by atoms with van der Waals surface area (Å²) in [4.78, 5) is 22.4. The lowest BCUT2D eigenvalue weighted by atomic mass is 10.2. The average molecular weight is 299 g/mol. The van der Waals surface area contributed by atoms with Crippen LogP contribution < -0.4 is 5.11 Å². The van der Waals surface area contributed by atoms with Gasteiger partial charge in [0.15, 0.2) is 6.10 Å². The van der Waals surface area contributed by atoms with E-state index in [2.05, 4.69) is 0 Å². The van der Waals surface area contributed by atoms with Gasteiger partial charge in [-0.3, -0.25) is 0 Å². The molecule has 6 heteroatoms. The molecule has 0 heterocycles. The maximum Gasteiger partial charge on any atom is 0.334 e. The third-order valence-corrected chi connectivity index (χ3v) is 2.52. The largest absolute Gasteiger partial charge is 0.550 e. The Labute approximate surface area is 125 Å². The number of carbonyl (C=O) groups excluding carboxylic acids is 2. The summed E-state index contributed by atoms with van der Waals surface area (Å²) >= 11 is 0. The summed E-state index contributed by atoms with van der Waals surface area (Å²) in [6.07, 6.45) is 4.50. The van der Waals surface area contributed by atoms with Crippen molar-refractivity contribution in [3.63, 3.8) is 0 Å². The molecule has 0 bridgehead atoms. The van der Waals surface area contributed by atoms with Gasteiger partial charge in [0.05, 0.1) is 33.0 Å². The fourth-order valence-corrected chi connectivity index (χ4v) is 1.74. The minimum Gasteiger partial charge on any atom is -0.550 e. The molecule has 1 unspecified atom stereocenters. The van der Waals surface area contributed by atoms with Crippen LogP contribution in [0.5, 0.6) is 0 Å².